The van der Waals surface area contributed by atoms with Gasteiger partial charge in [-0.1, -0.05) is 133 Å². The summed E-state index contributed by atoms with van der Waals surface area (Å²) in [4.78, 5) is 9.53. The smallest absolute Gasteiger partial charge is 0.135 e. The van der Waals surface area contributed by atoms with Gasteiger partial charge in [-0.15, -0.1) is 53.6 Å². The molecule has 8 rings (SSSR count). The molecule has 1 aliphatic rings. The minimum Gasteiger partial charge on any atom is -0.509 e. The first-order chi connectivity index (χ1) is 28.1. The molecular weight excluding hydrogens is 928 g/mol. The standard InChI is InChI=1S/C55H61N4O.Pt/c1-35(2)36-25-39(54(9,10)11)27-41(26-36)57-34-58(48-18-16-15-17-47(48)57)42-28-40(55(12,13)14)29-44(32-42)60-43-20-22-46-45-21-19-37(52(3,4)5)30-49(45)59(50(46)33-43)51-31-38(23-24-56-51)53(6,7)8;/h15-31,34-35H,1-14H3;/q-3;. The quantitative estimate of drug-likeness (QED) is 0.156. The molecule has 3 heterocycles. The largest absolute Gasteiger partial charge is 0.509 e. The van der Waals surface area contributed by atoms with Crippen molar-refractivity contribution in [2.24, 2.45) is 0 Å². The number of aromatic nitrogens is 2. The number of benzene rings is 5. The van der Waals surface area contributed by atoms with E-state index in [9.17, 15) is 0 Å². The second-order valence-corrected chi connectivity index (χ2v) is 21.1. The van der Waals surface area contributed by atoms with E-state index in [4.69, 9.17) is 9.72 Å². The molecule has 0 saturated carbocycles. The Bertz CT molecular complexity index is 2750. The first kappa shape index (κ1) is 44.2. The van der Waals surface area contributed by atoms with Crippen molar-refractivity contribution in [1.82, 2.24) is 9.55 Å². The van der Waals surface area contributed by atoms with E-state index in [0.29, 0.717) is 17.4 Å². The Hall–Kier alpha value is -4.86. The Kier molecular flexibility index (Phi) is 11.4. The molecule has 61 heavy (non-hydrogen) atoms. The van der Waals surface area contributed by atoms with Crippen LogP contribution in [0.4, 0.5) is 22.7 Å². The number of para-hydroxylation sites is 2. The van der Waals surface area contributed by atoms with Crippen molar-refractivity contribution in [1.29, 1.82) is 0 Å². The molecular formula is C55H61N4OPt-3. The van der Waals surface area contributed by atoms with Crippen LogP contribution in [-0.4, -0.2) is 9.55 Å². The van der Waals surface area contributed by atoms with Crippen LogP contribution in [0.3, 0.4) is 0 Å². The van der Waals surface area contributed by atoms with E-state index in [2.05, 4.69) is 221 Å². The summed E-state index contributed by atoms with van der Waals surface area (Å²) < 4.78 is 9.12. The first-order valence-corrected chi connectivity index (χ1v) is 21.5. The normalized spacial score (nSPS) is 13.6. The summed E-state index contributed by atoms with van der Waals surface area (Å²) in [5.74, 6) is 2.53. The number of rotatable bonds is 6. The fourth-order valence-electron chi connectivity index (χ4n) is 8.01. The SMILES string of the molecule is CC(C)c1cc(N2[CH-]N(c3[c-]c(Oc4[c-]c5c(cc4)c4ccc(C(C)(C)C)cc4n5-c4cc(C(C)(C)C)ccn4)cc(C(C)(C)C)c3)c3ccccc32)cc(C(C)(C)C)c1.[Pt]. The minimum atomic E-state index is -0.150. The van der Waals surface area contributed by atoms with Crippen molar-refractivity contribution in [2.75, 3.05) is 9.80 Å². The summed E-state index contributed by atoms with van der Waals surface area (Å²) in [6, 6.07) is 42.8. The average Bonchev–Trinajstić information content (AvgIpc) is 3.72. The Balaban J connectivity index is 0.00000561. The van der Waals surface area contributed by atoms with Crippen LogP contribution in [0.5, 0.6) is 11.5 Å². The third-order valence-corrected chi connectivity index (χ3v) is 11.9. The van der Waals surface area contributed by atoms with Gasteiger partial charge in [-0.25, -0.2) is 4.98 Å². The summed E-state index contributed by atoms with van der Waals surface area (Å²) in [6.45, 7) is 33.9. The van der Waals surface area contributed by atoms with Crippen LogP contribution in [0.2, 0.25) is 0 Å². The summed E-state index contributed by atoms with van der Waals surface area (Å²) in [7, 11) is 0. The van der Waals surface area contributed by atoms with E-state index in [1.807, 2.05) is 12.3 Å². The van der Waals surface area contributed by atoms with E-state index < -0.39 is 0 Å². The monoisotopic (exact) mass is 988 g/mol. The van der Waals surface area contributed by atoms with Crippen molar-refractivity contribution in [3.8, 4) is 17.3 Å². The van der Waals surface area contributed by atoms with Gasteiger partial charge in [0, 0.05) is 61.3 Å². The van der Waals surface area contributed by atoms with Crippen LogP contribution in [0.25, 0.3) is 27.6 Å². The van der Waals surface area contributed by atoms with E-state index >= 15 is 0 Å². The van der Waals surface area contributed by atoms with Gasteiger partial charge in [0.25, 0.3) is 0 Å². The van der Waals surface area contributed by atoms with Crippen LogP contribution in [-0.2, 0) is 42.7 Å². The summed E-state index contributed by atoms with van der Waals surface area (Å²) in [5.41, 5.74) is 12.4. The molecule has 0 radical (unpaired) electrons. The molecule has 0 fully saturated rings. The molecule has 0 unspecified atom stereocenters. The number of anilines is 4. The van der Waals surface area contributed by atoms with Crippen molar-refractivity contribution >= 4 is 44.6 Å². The molecule has 0 bridgehead atoms. The number of pyridine rings is 1. The van der Waals surface area contributed by atoms with Crippen LogP contribution in [0, 0.1) is 18.8 Å². The fourth-order valence-corrected chi connectivity index (χ4v) is 8.01. The Morgan fingerprint density at radius 2 is 1.18 bits per heavy atom. The van der Waals surface area contributed by atoms with Crippen LogP contribution in [0.1, 0.15) is 131 Å². The number of hydrogen-bond donors (Lipinski definition) is 0. The number of nitrogens with zero attached hydrogens (tertiary/aromatic N) is 4. The van der Waals surface area contributed by atoms with Crippen molar-refractivity contribution in [2.45, 2.75) is 125 Å². The maximum absolute atomic E-state index is 6.86. The van der Waals surface area contributed by atoms with E-state index in [1.165, 1.54) is 22.3 Å². The number of ether oxygens (including phenoxy) is 1. The molecule has 5 nitrogen and oxygen atoms in total. The second kappa shape index (κ2) is 15.8. The second-order valence-electron chi connectivity index (χ2n) is 21.1. The van der Waals surface area contributed by atoms with Crippen LogP contribution >= 0.6 is 0 Å². The fraction of sp³-hybridized carbons (Fsp3) is 0.345. The van der Waals surface area contributed by atoms with E-state index in [1.54, 1.807) is 0 Å². The first-order valence-electron chi connectivity index (χ1n) is 21.5. The summed E-state index contributed by atoms with van der Waals surface area (Å²) in [6.07, 6.45) is 1.93. The van der Waals surface area contributed by atoms with Gasteiger partial charge in [0.05, 0.1) is 0 Å². The minimum absolute atomic E-state index is 0. The molecule has 0 saturated heterocycles. The number of fused-ring (bicyclic) bond motifs is 4. The van der Waals surface area contributed by atoms with Crippen molar-refractivity contribution in [3.63, 3.8) is 0 Å². The van der Waals surface area contributed by atoms with Gasteiger partial charge in [0.2, 0.25) is 0 Å². The zero-order chi connectivity index (χ0) is 43.1. The predicted octanol–water partition coefficient (Wildman–Crippen LogP) is 15.3. The number of hydrogen-bond acceptors (Lipinski definition) is 4. The van der Waals surface area contributed by atoms with Gasteiger partial charge in [0.1, 0.15) is 5.82 Å². The molecule has 0 spiro atoms. The maximum atomic E-state index is 6.86. The van der Waals surface area contributed by atoms with Crippen LogP contribution < -0.4 is 14.5 Å². The Morgan fingerprint density at radius 1 is 0.574 bits per heavy atom. The van der Waals surface area contributed by atoms with Gasteiger partial charge >= 0.3 is 0 Å². The molecule has 320 valence electrons. The maximum Gasteiger partial charge on any atom is 0.135 e. The topological polar surface area (TPSA) is 33.5 Å². The Morgan fingerprint density at radius 3 is 1.82 bits per heavy atom. The van der Waals surface area contributed by atoms with Crippen molar-refractivity contribution in [3.05, 3.63) is 150 Å². The van der Waals surface area contributed by atoms with Gasteiger partial charge in [-0.2, -0.15) is 6.07 Å². The van der Waals surface area contributed by atoms with Gasteiger partial charge in [-0.05, 0) is 97.7 Å². The van der Waals surface area contributed by atoms with E-state index in [-0.39, 0.29) is 42.7 Å². The predicted molar refractivity (Wildman–Crippen MR) is 253 cm³/mol. The molecule has 0 atom stereocenters. The van der Waals surface area contributed by atoms with E-state index in [0.717, 1.165) is 55.9 Å². The molecule has 0 N–H and O–H groups in total. The van der Waals surface area contributed by atoms with Gasteiger partial charge < -0.3 is 19.1 Å². The molecule has 1 aliphatic heterocycles. The third-order valence-electron chi connectivity index (χ3n) is 11.9. The molecule has 7 aromatic rings. The Labute approximate surface area is 379 Å². The summed E-state index contributed by atoms with van der Waals surface area (Å²) >= 11 is 0. The molecule has 0 aliphatic carbocycles. The molecule has 6 heteroatoms. The van der Waals surface area contributed by atoms with Crippen molar-refractivity contribution < 1.29 is 25.8 Å². The zero-order valence-corrected chi connectivity index (χ0v) is 40.8. The molecule has 5 aromatic carbocycles. The average molecular weight is 989 g/mol. The van der Waals surface area contributed by atoms with Gasteiger partial charge in [0.15, 0.2) is 0 Å². The molecule has 2 aromatic heterocycles. The van der Waals surface area contributed by atoms with Gasteiger partial charge in [-0.3, -0.25) is 0 Å². The zero-order valence-electron chi connectivity index (χ0n) is 38.5. The third kappa shape index (κ3) is 8.65. The molecule has 0 amide bonds. The van der Waals surface area contributed by atoms with Crippen LogP contribution in [0.15, 0.2) is 103 Å². The summed E-state index contributed by atoms with van der Waals surface area (Å²) in [5, 5.41) is 2.27.